The molecule has 0 aromatic rings. The molecule has 5 nitrogen and oxygen atoms in total. The van der Waals surface area contributed by atoms with Crippen LogP contribution in [0, 0.1) is 5.41 Å². The molecular formula is C11H16O5. The summed E-state index contributed by atoms with van der Waals surface area (Å²) in [6.07, 6.45) is -1.24. The molecule has 0 radical (unpaired) electrons. The molecule has 1 saturated heterocycles. The van der Waals surface area contributed by atoms with Crippen LogP contribution in [-0.2, 0) is 19.0 Å². The summed E-state index contributed by atoms with van der Waals surface area (Å²) in [7, 11) is 0. The summed E-state index contributed by atoms with van der Waals surface area (Å²) in [5.41, 5.74) is 0.0534. The quantitative estimate of drug-likeness (QED) is 0.543. The average molecular weight is 228 g/mol. The van der Waals surface area contributed by atoms with Gasteiger partial charge < -0.3 is 14.2 Å². The fourth-order valence-corrected chi connectivity index (χ4v) is 1.01. The van der Waals surface area contributed by atoms with Gasteiger partial charge in [-0.15, -0.1) is 0 Å². The van der Waals surface area contributed by atoms with Crippen LogP contribution in [-0.4, -0.2) is 31.4 Å². The smallest absolute Gasteiger partial charge is 0.458 e. The third kappa shape index (κ3) is 3.25. The Labute approximate surface area is 94.4 Å². The third-order valence-corrected chi connectivity index (χ3v) is 2.20. The Morgan fingerprint density at radius 3 is 2.62 bits per heavy atom. The van der Waals surface area contributed by atoms with E-state index in [1.165, 1.54) is 0 Å². The highest BCUT2D eigenvalue weighted by Crippen LogP contribution is 2.24. The highest BCUT2D eigenvalue weighted by atomic mass is 16.8. The van der Waals surface area contributed by atoms with E-state index in [9.17, 15) is 9.59 Å². The topological polar surface area (TPSA) is 61.8 Å². The van der Waals surface area contributed by atoms with E-state index in [2.05, 4.69) is 11.3 Å². The molecule has 1 rings (SSSR count). The van der Waals surface area contributed by atoms with Crippen molar-refractivity contribution in [1.29, 1.82) is 0 Å². The number of carbonyl (C=O) groups is 2. The second kappa shape index (κ2) is 4.55. The van der Waals surface area contributed by atoms with Crippen molar-refractivity contribution in [2.45, 2.75) is 26.9 Å². The second-order valence-electron chi connectivity index (χ2n) is 4.63. The molecule has 16 heavy (non-hydrogen) atoms. The molecule has 0 N–H and O–H groups in total. The Morgan fingerprint density at radius 2 is 2.19 bits per heavy atom. The van der Waals surface area contributed by atoms with Gasteiger partial charge in [-0.1, -0.05) is 27.4 Å². The summed E-state index contributed by atoms with van der Waals surface area (Å²) in [5.74, 6) is -0.476. The van der Waals surface area contributed by atoms with Crippen molar-refractivity contribution in [2.75, 3.05) is 13.2 Å². The van der Waals surface area contributed by atoms with E-state index in [1.54, 1.807) is 0 Å². The monoisotopic (exact) mass is 228 g/mol. The average Bonchev–Trinajstić information content (AvgIpc) is 2.58. The third-order valence-electron chi connectivity index (χ3n) is 2.20. The van der Waals surface area contributed by atoms with E-state index in [1.807, 2.05) is 20.8 Å². The van der Waals surface area contributed by atoms with Crippen molar-refractivity contribution in [1.82, 2.24) is 0 Å². The lowest BCUT2D eigenvalue weighted by Gasteiger charge is -2.20. The number of carbonyl (C=O) groups excluding carboxylic acids is 2. The molecule has 0 aromatic heterocycles. The zero-order valence-electron chi connectivity index (χ0n) is 9.74. The SMILES string of the molecule is C=C(C(=O)OCC1COC(=O)O1)C(C)(C)C. The van der Waals surface area contributed by atoms with Gasteiger partial charge in [0.15, 0.2) is 6.10 Å². The molecule has 0 saturated carbocycles. The number of rotatable bonds is 3. The summed E-state index contributed by atoms with van der Waals surface area (Å²) in [6.45, 7) is 9.40. The first-order chi connectivity index (χ1) is 7.30. The first-order valence-corrected chi connectivity index (χ1v) is 5.00. The number of esters is 1. The van der Waals surface area contributed by atoms with Crippen molar-refractivity contribution < 1.29 is 23.8 Å². The van der Waals surface area contributed by atoms with Crippen molar-refractivity contribution in [3.63, 3.8) is 0 Å². The van der Waals surface area contributed by atoms with Crippen LogP contribution < -0.4 is 0 Å². The van der Waals surface area contributed by atoms with E-state index in [-0.39, 0.29) is 18.6 Å². The van der Waals surface area contributed by atoms with Gasteiger partial charge in [0.1, 0.15) is 13.2 Å². The molecule has 0 amide bonds. The predicted octanol–water partition coefficient (Wildman–Crippen LogP) is 1.67. The molecule has 1 aliphatic heterocycles. The van der Waals surface area contributed by atoms with Crippen molar-refractivity contribution in [3.05, 3.63) is 12.2 Å². The van der Waals surface area contributed by atoms with Gasteiger partial charge in [-0.05, 0) is 5.41 Å². The van der Waals surface area contributed by atoms with Crippen LogP contribution in [0.15, 0.2) is 12.2 Å². The maximum absolute atomic E-state index is 11.5. The zero-order valence-corrected chi connectivity index (χ0v) is 9.74. The Kier molecular flexibility index (Phi) is 3.57. The van der Waals surface area contributed by atoms with Crippen LogP contribution in [0.2, 0.25) is 0 Å². The predicted molar refractivity (Wildman–Crippen MR) is 55.8 cm³/mol. The van der Waals surface area contributed by atoms with Crippen molar-refractivity contribution >= 4 is 12.1 Å². The second-order valence-corrected chi connectivity index (χ2v) is 4.63. The van der Waals surface area contributed by atoms with Crippen LogP contribution in [0.25, 0.3) is 0 Å². The summed E-state index contributed by atoms with van der Waals surface area (Å²) in [4.78, 5) is 22.1. The van der Waals surface area contributed by atoms with E-state index in [0.717, 1.165) is 0 Å². The number of hydrogen-bond donors (Lipinski definition) is 0. The normalized spacial score (nSPS) is 19.9. The van der Waals surface area contributed by atoms with Gasteiger partial charge in [0.2, 0.25) is 0 Å². The first-order valence-electron chi connectivity index (χ1n) is 5.00. The molecule has 1 heterocycles. The van der Waals surface area contributed by atoms with Gasteiger partial charge in [-0.3, -0.25) is 0 Å². The maximum atomic E-state index is 11.5. The van der Waals surface area contributed by atoms with E-state index in [0.29, 0.717) is 5.57 Å². The van der Waals surface area contributed by atoms with Crippen LogP contribution in [0.3, 0.4) is 0 Å². The summed E-state index contributed by atoms with van der Waals surface area (Å²) >= 11 is 0. The number of hydrogen-bond acceptors (Lipinski definition) is 5. The fraction of sp³-hybridized carbons (Fsp3) is 0.636. The number of cyclic esters (lactones) is 2. The van der Waals surface area contributed by atoms with Gasteiger partial charge in [0, 0.05) is 5.57 Å². The number of ether oxygens (including phenoxy) is 3. The highest BCUT2D eigenvalue weighted by Gasteiger charge is 2.28. The van der Waals surface area contributed by atoms with Gasteiger partial charge in [0.05, 0.1) is 0 Å². The summed E-state index contributed by atoms with van der Waals surface area (Å²) in [5, 5.41) is 0. The lowest BCUT2D eigenvalue weighted by atomic mass is 9.88. The molecule has 1 aliphatic rings. The molecular weight excluding hydrogens is 212 g/mol. The molecule has 0 aliphatic carbocycles. The molecule has 0 aromatic carbocycles. The van der Waals surface area contributed by atoms with Crippen LogP contribution in [0.1, 0.15) is 20.8 Å². The van der Waals surface area contributed by atoms with Gasteiger partial charge in [-0.25, -0.2) is 9.59 Å². The minimum atomic E-state index is -0.726. The maximum Gasteiger partial charge on any atom is 0.508 e. The van der Waals surface area contributed by atoms with E-state index < -0.39 is 18.2 Å². The fourth-order valence-electron chi connectivity index (χ4n) is 1.01. The summed E-state index contributed by atoms with van der Waals surface area (Å²) in [6, 6.07) is 0. The largest absolute Gasteiger partial charge is 0.508 e. The standard InChI is InChI=1S/C11H16O5/c1-7(11(2,3)4)9(12)14-5-8-6-15-10(13)16-8/h8H,1,5-6H2,2-4H3. The van der Waals surface area contributed by atoms with E-state index in [4.69, 9.17) is 9.47 Å². The highest BCUT2D eigenvalue weighted by molar-refractivity contribution is 5.89. The Balaban J connectivity index is 2.36. The van der Waals surface area contributed by atoms with Gasteiger partial charge >= 0.3 is 12.1 Å². The molecule has 0 spiro atoms. The lowest BCUT2D eigenvalue weighted by Crippen LogP contribution is -2.25. The minimum absolute atomic E-state index is 0.000324. The van der Waals surface area contributed by atoms with Crippen molar-refractivity contribution in [3.8, 4) is 0 Å². The Hall–Kier alpha value is -1.52. The Bertz CT molecular complexity index is 313. The van der Waals surface area contributed by atoms with Crippen LogP contribution in [0.5, 0.6) is 0 Å². The van der Waals surface area contributed by atoms with Crippen molar-refractivity contribution in [2.24, 2.45) is 5.41 Å². The molecule has 1 atom stereocenters. The lowest BCUT2D eigenvalue weighted by molar-refractivity contribution is -0.142. The first kappa shape index (κ1) is 12.5. The molecule has 0 bridgehead atoms. The minimum Gasteiger partial charge on any atom is -0.458 e. The molecule has 90 valence electrons. The summed E-state index contributed by atoms with van der Waals surface area (Å²) < 4.78 is 14.2. The molecule has 5 heteroatoms. The van der Waals surface area contributed by atoms with E-state index >= 15 is 0 Å². The van der Waals surface area contributed by atoms with Gasteiger partial charge in [0.25, 0.3) is 0 Å². The van der Waals surface area contributed by atoms with Crippen LogP contribution >= 0.6 is 0 Å². The zero-order chi connectivity index (χ0) is 12.3. The van der Waals surface area contributed by atoms with Crippen LogP contribution in [0.4, 0.5) is 4.79 Å². The molecule has 1 fully saturated rings. The van der Waals surface area contributed by atoms with Gasteiger partial charge in [-0.2, -0.15) is 0 Å². The molecule has 1 unspecified atom stereocenters. The Morgan fingerprint density at radius 1 is 1.56 bits per heavy atom.